The lowest BCUT2D eigenvalue weighted by molar-refractivity contribution is -0.130. The van der Waals surface area contributed by atoms with Crippen LogP contribution in [-0.2, 0) is 4.79 Å². The smallest absolute Gasteiger partial charge is 0.155 e. The fourth-order valence-corrected chi connectivity index (χ4v) is 4.58. The molecule has 3 atom stereocenters. The minimum Gasteiger partial charge on any atom is -0.375 e. The molecular weight excluding hydrogens is 270 g/mol. The van der Waals surface area contributed by atoms with Gasteiger partial charge in [0, 0.05) is 17.5 Å². The van der Waals surface area contributed by atoms with Crippen molar-refractivity contribution in [2.75, 3.05) is 5.32 Å². The Balaban J connectivity index is 1.86. The molecule has 2 aliphatic rings. The van der Waals surface area contributed by atoms with E-state index in [4.69, 9.17) is 0 Å². The van der Waals surface area contributed by atoms with Crippen LogP contribution in [0.15, 0.2) is 24.3 Å². The molecule has 0 spiro atoms. The monoisotopic (exact) mass is 299 g/mol. The summed E-state index contributed by atoms with van der Waals surface area (Å²) in [4.78, 5) is 12.7. The van der Waals surface area contributed by atoms with Crippen molar-refractivity contribution in [3.63, 3.8) is 0 Å². The number of hydrogen-bond acceptors (Lipinski definition) is 2. The molecule has 0 saturated heterocycles. The van der Waals surface area contributed by atoms with E-state index in [0.29, 0.717) is 17.6 Å². The van der Waals surface area contributed by atoms with Crippen LogP contribution in [0.25, 0.3) is 0 Å². The highest BCUT2D eigenvalue weighted by atomic mass is 16.1. The first-order valence-electron chi connectivity index (χ1n) is 8.65. The quantitative estimate of drug-likeness (QED) is 0.850. The standard InChI is InChI=1S/C20H29NO/c1-13(2)14-6-8-16(9-7-14)21-18-17(22)12-15-10-11-20(18,5)19(15,3)4/h6-9,13,15,18,21H,10-12H2,1-5H3/t15-,18+,20+/m1/s1. The predicted molar refractivity (Wildman–Crippen MR) is 92.2 cm³/mol. The van der Waals surface area contributed by atoms with Crippen LogP contribution in [0.4, 0.5) is 5.69 Å². The first kappa shape index (κ1) is 15.6. The van der Waals surface area contributed by atoms with Crippen molar-refractivity contribution >= 4 is 11.5 Å². The Labute approximate surface area is 134 Å². The molecular formula is C20H29NO. The maximum absolute atomic E-state index is 12.7. The molecule has 1 N–H and O–H groups in total. The molecule has 2 fully saturated rings. The molecule has 3 rings (SSSR count). The summed E-state index contributed by atoms with van der Waals surface area (Å²) in [5, 5.41) is 3.57. The second-order valence-electron chi connectivity index (χ2n) is 8.40. The van der Waals surface area contributed by atoms with E-state index in [1.54, 1.807) is 0 Å². The van der Waals surface area contributed by atoms with Crippen LogP contribution in [-0.4, -0.2) is 11.8 Å². The van der Waals surface area contributed by atoms with Crippen molar-refractivity contribution < 1.29 is 4.79 Å². The first-order valence-corrected chi connectivity index (χ1v) is 8.65. The van der Waals surface area contributed by atoms with Gasteiger partial charge < -0.3 is 5.32 Å². The lowest BCUT2D eigenvalue weighted by Crippen LogP contribution is -2.55. The number of rotatable bonds is 3. The van der Waals surface area contributed by atoms with Crippen molar-refractivity contribution in [2.45, 2.75) is 65.8 Å². The molecule has 0 amide bonds. The van der Waals surface area contributed by atoms with Crippen molar-refractivity contribution in [2.24, 2.45) is 16.7 Å². The van der Waals surface area contributed by atoms with Gasteiger partial charge in [-0.15, -0.1) is 0 Å². The van der Waals surface area contributed by atoms with Gasteiger partial charge in [0.25, 0.3) is 0 Å². The summed E-state index contributed by atoms with van der Waals surface area (Å²) in [5.74, 6) is 1.50. The van der Waals surface area contributed by atoms with Crippen molar-refractivity contribution in [3.05, 3.63) is 29.8 Å². The largest absolute Gasteiger partial charge is 0.375 e. The summed E-state index contributed by atoms with van der Waals surface area (Å²) in [5.41, 5.74) is 2.71. The number of ketones is 1. The minimum absolute atomic E-state index is 0.0499. The molecule has 0 radical (unpaired) electrons. The number of fused-ring (bicyclic) bond motifs is 2. The maximum atomic E-state index is 12.7. The Hall–Kier alpha value is -1.31. The molecule has 1 aromatic carbocycles. The highest BCUT2D eigenvalue weighted by Gasteiger charge is 2.60. The molecule has 0 aliphatic heterocycles. The molecule has 22 heavy (non-hydrogen) atoms. The second-order valence-corrected chi connectivity index (χ2v) is 8.40. The third-order valence-electron chi connectivity index (χ3n) is 6.80. The number of nitrogens with one attached hydrogen (secondary N) is 1. The van der Waals surface area contributed by atoms with E-state index in [2.05, 4.69) is 64.2 Å². The average molecular weight is 299 g/mol. The fraction of sp³-hybridized carbons (Fsp3) is 0.650. The van der Waals surface area contributed by atoms with Gasteiger partial charge in [-0.3, -0.25) is 4.79 Å². The zero-order chi connectivity index (χ0) is 16.1. The molecule has 120 valence electrons. The number of carbonyl (C=O) groups is 1. The van der Waals surface area contributed by atoms with E-state index >= 15 is 0 Å². The third kappa shape index (κ3) is 2.19. The van der Waals surface area contributed by atoms with Gasteiger partial charge in [0.2, 0.25) is 0 Å². The fourth-order valence-electron chi connectivity index (χ4n) is 4.58. The van der Waals surface area contributed by atoms with E-state index in [-0.39, 0.29) is 16.9 Å². The lowest BCUT2D eigenvalue weighted by Gasteiger charge is -2.50. The van der Waals surface area contributed by atoms with Gasteiger partial charge >= 0.3 is 0 Å². The Morgan fingerprint density at radius 3 is 2.36 bits per heavy atom. The molecule has 2 bridgehead atoms. The Morgan fingerprint density at radius 1 is 1.14 bits per heavy atom. The van der Waals surface area contributed by atoms with Gasteiger partial charge in [-0.2, -0.15) is 0 Å². The van der Waals surface area contributed by atoms with E-state index in [1.165, 1.54) is 12.0 Å². The van der Waals surface area contributed by atoms with E-state index < -0.39 is 0 Å². The topological polar surface area (TPSA) is 29.1 Å². The number of carbonyl (C=O) groups excluding carboxylic acids is 1. The van der Waals surface area contributed by atoms with Crippen LogP contribution in [0.2, 0.25) is 0 Å². The highest BCUT2D eigenvalue weighted by molar-refractivity contribution is 5.89. The summed E-state index contributed by atoms with van der Waals surface area (Å²) in [6.45, 7) is 11.4. The molecule has 0 heterocycles. The summed E-state index contributed by atoms with van der Waals surface area (Å²) in [6.07, 6.45) is 3.09. The molecule has 0 aromatic heterocycles. The van der Waals surface area contributed by atoms with Gasteiger partial charge in [0.1, 0.15) is 0 Å². The molecule has 2 saturated carbocycles. The summed E-state index contributed by atoms with van der Waals surface area (Å²) >= 11 is 0. The van der Waals surface area contributed by atoms with Crippen molar-refractivity contribution in [1.29, 1.82) is 0 Å². The van der Waals surface area contributed by atoms with Crippen LogP contribution < -0.4 is 5.32 Å². The van der Waals surface area contributed by atoms with Gasteiger partial charge in [-0.05, 0) is 47.8 Å². The minimum atomic E-state index is -0.0499. The molecule has 2 aliphatic carbocycles. The second kappa shape index (κ2) is 5.11. The third-order valence-corrected chi connectivity index (χ3v) is 6.80. The van der Waals surface area contributed by atoms with Crippen LogP contribution >= 0.6 is 0 Å². The van der Waals surface area contributed by atoms with Gasteiger partial charge in [0.15, 0.2) is 5.78 Å². The summed E-state index contributed by atoms with van der Waals surface area (Å²) in [7, 11) is 0. The van der Waals surface area contributed by atoms with Gasteiger partial charge in [-0.25, -0.2) is 0 Å². The number of hydrogen-bond donors (Lipinski definition) is 1. The van der Waals surface area contributed by atoms with Crippen LogP contribution in [0.5, 0.6) is 0 Å². The number of anilines is 1. The first-order chi connectivity index (χ1) is 10.3. The molecule has 0 unspecified atom stereocenters. The van der Waals surface area contributed by atoms with Gasteiger partial charge in [-0.1, -0.05) is 46.8 Å². The normalized spacial score (nSPS) is 33.3. The SMILES string of the molecule is CC(C)c1ccc(N[C@H]2C(=O)C[C@H]3CC[C@]2(C)C3(C)C)cc1. The van der Waals surface area contributed by atoms with Gasteiger partial charge in [0.05, 0.1) is 6.04 Å². The highest BCUT2D eigenvalue weighted by Crippen LogP contribution is 2.62. The Kier molecular flexibility index (Phi) is 3.62. The van der Waals surface area contributed by atoms with E-state index in [9.17, 15) is 4.79 Å². The summed E-state index contributed by atoms with van der Waals surface area (Å²) in [6, 6.07) is 8.54. The lowest BCUT2D eigenvalue weighted by atomic mass is 9.56. The Morgan fingerprint density at radius 2 is 1.77 bits per heavy atom. The predicted octanol–water partition coefficient (Wildman–Crippen LogP) is 5.01. The molecule has 2 nitrogen and oxygen atoms in total. The maximum Gasteiger partial charge on any atom is 0.155 e. The van der Waals surface area contributed by atoms with E-state index in [0.717, 1.165) is 18.5 Å². The van der Waals surface area contributed by atoms with Crippen LogP contribution in [0, 0.1) is 16.7 Å². The van der Waals surface area contributed by atoms with Crippen LogP contribution in [0.3, 0.4) is 0 Å². The number of Topliss-reactive ketones (excluding diaryl/α,β-unsaturated/α-hetero) is 1. The average Bonchev–Trinajstić information content (AvgIpc) is 2.60. The number of benzene rings is 1. The van der Waals surface area contributed by atoms with E-state index in [1.807, 2.05) is 0 Å². The van der Waals surface area contributed by atoms with Crippen molar-refractivity contribution in [1.82, 2.24) is 0 Å². The molecule has 2 heteroatoms. The van der Waals surface area contributed by atoms with Crippen LogP contribution in [0.1, 0.15) is 65.4 Å². The Bertz CT molecular complexity index is 572. The zero-order valence-corrected chi connectivity index (χ0v) is 14.6. The molecule has 1 aromatic rings. The zero-order valence-electron chi connectivity index (χ0n) is 14.6. The summed E-state index contributed by atoms with van der Waals surface area (Å²) < 4.78 is 0. The van der Waals surface area contributed by atoms with Crippen molar-refractivity contribution in [3.8, 4) is 0 Å².